The van der Waals surface area contributed by atoms with Crippen molar-refractivity contribution in [3.63, 3.8) is 0 Å². The molecule has 0 atom stereocenters. The Hall–Kier alpha value is -1.36. The Morgan fingerprint density at radius 1 is 1.27 bits per heavy atom. The lowest BCUT2D eigenvalue weighted by atomic mass is 10.3. The van der Waals surface area contributed by atoms with E-state index in [9.17, 15) is 0 Å². The predicted octanol–water partition coefficient (Wildman–Crippen LogP) is 1.39. The van der Waals surface area contributed by atoms with Crippen molar-refractivity contribution in [3.8, 4) is 0 Å². The van der Waals surface area contributed by atoms with Gasteiger partial charge in [-0.1, -0.05) is 13.8 Å². The molecule has 0 aliphatic rings. The summed E-state index contributed by atoms with van der Waals surface area (Å²) in [4.78, 5) is 10.5. The summed E-state index contributed by atoms with van der Waals surface area (Å²) in [5.41, 5.74) is 2.53. The predicted molar refractivity (Wildman–Crippen MR) is 62.6 cm³/mol. The molecule has 1 aromatic rings. The molecule has 1 heterocycles. The molecule has 5 heteroatoms. The molecular weight excluding hydrogens is 190 g/mol. The van der Waals surface area contributed by atoms with Gasteiger partial charge in [0.05, 0.1) is 0 Å². The molecule has 0 aromatic carbocycles. The Morgan fingerprint density at radius 3 is 2.47 bits per heavy atom. The molecule has 0 unspecified atom stereocenters. The van der Waals surface area contributed by atoms with Crippen LogP contribution in [0.4, 0.5) is 11.6 Å². The van der Waals surface area contributed by atoms with Gasteiger partial charge in [-0.3, -0.25) is 0 Å². The minimum atomic E-state index is 0.650. The number of nitrogens with one attached hydrogen (secondary N) is 1. The van der Waals surface area contributed by atoms with Crippen LogP contribution in [-0.4, -0.2) is 23.1 Å². The van der Waals surface area contributed by atoms with E-state index in [1.54, 1.807) is 0 Å². The van der Waals surface area contributed by atoms with Crippen LogP contribution in [0.1, 0.15) is 26.7 Å². The second-order valence-corrected chi connectivity index (χ2v) is 3.39. The van der Waals surface area contributed by atoms with Crippen LogP contribution in [0.15, 0.2) is 12.4 Å². The number of anilines is 2. The van der Waals surface area contributed by atoms with Gasteiger partial charge in [-0.05, 0) is 12.8 Å². The minimum absolute atomic E-state index is 0.650. The number of nitrogens with zero attached hydrogens (tertiary/aromatic N) is 3. The lowest BCUT2D eigenvalue weighted by Crippen LogP contribution is -2.26. The second-order valence-electron chi connectivity index (χ2n) is 3.39. The highest BCUT2D eigenvalue weighted by atomic mass is 15.3. The van der Waals surface area contributed by atoms with Crippen molar-refractivity contribution < 1.29 is 0 Å². The first-order chi connectivity index (χ1) is 7.31. The van der Waals surface area contributed by atoms with Crippen molar-refractivity contribution in [1.29, 1.82) is 0 Å². The van der Waals surface area contributed by atoms with Gasteiger partial charge in [0.2, 0.25) is 0 Å². The zero-order valence-corrected chi connectivity index (χ0v) is 9.40. The van der Waals surface area contributed by atoms with E-state index in [1.165, 1.54) is 6.33 Å². The molecule has 0 saturated carbocycles. The maximum absolute atomic E-state index is 5.31. The van der Waals surface area contributed by atoms with Crippen molar-refractivity contribution in [2.75, 3.05) is 23.4 Å². The van der Waals surface area contributed by atoms with E-state index in [1.807, 2.05) is 6.07 Å². The molecule has 0 amide bonds. The summed E-state index contributed by atoms with van der Waals surface area (Å²) in [6.45, 7) is 6.33. The summed E-state index contributed by atoms with van der Waals surface area (Å²) >= 11 is 0. The zero-order chi connectivity index (χ0) is 11.1. The second kappa shape index (κ2) is 6.19. The minimum Gasteiger partial charge on any atom is -0.356 e. The van der Waals surface area contributed by atoms with Crippen LogP contribution < -0.4 is 16.2 Å². The highest BCUT2D eigenvalue weighted by molar-refractivity contribution is 5.47. The Bertz CT molecular complexity index is 283. The van der Waals surface area contributed by atoms with Gasteiger partial charge in [-0.25, -0.2) is 15.8 Å². The summed E-state index contributed by atoms with van der Waals surface area (Å²) in [6, 6.07) is 1.87. The summed E-state index contributed by atoms with van der Waals surface area (Å²) < 4.78 is 0. The van der Waals surface area contributed by atoms with Crippen LogP contribution in [0.25, 0.3) is 0 Å². The zero-order valence-electron chi connectivity index (χ0n) is 9.40. The van der Waals surface area contributed by atoms with E-state index in [2.05, 4.69) is 34.1 Å². The fourth-order valence-corrected chi connectivity index (χ4v) is 1.48. The van der Waals surface area contributed by atoms with Gasteiger partial charge in [0, 0.05) is 19.2 Å². The molecule has 0 radical (unpaired) electrons. The van der Waals surface area contributed by atoms with Crippen molar-refractivity contribution in [1.82, 2.24) is 9.97 Å². The average molecular weight is 209 g/mol. The topological polar surface area (TPSA) is 67.1 Å². The number of aromatic nitrogens is 2. The van der Waals surface area contributed by atoms with Gasteiger partial charge in [0.15, 0.2) is 0 Å². The molecule has 3 N–H and O–H groups in total. The number of nitrogens with two attached hydrogens (primary N) is 1. The van der Waals surface area contributed by atoms with Gasteiger partial charge < -0.3 is 10.3 Å². The molecule has 0 aliphatic heterocycles. The Morgan fingerprint density at radius 2 is 1.93 bits per heavy atom. The first-order valence-electron chi connectivity index (χ1n) is 5.35. The molecule has 15 heavy (non-hydrogen) atoms. The smallest absolute Gasteiger partial charge is 0.145 e. The van der Waals surface area contributed by atoms with Gasteiger partial charge in [-0.15, -0.1) is 0 Å². The van der Waals surface area contributed by atoms with Crippen LogP contribution in [-0.2, 0) is 0 Å². The number of hydrogen-bond acceptors (Lipinski definition) is 5. The lowest BCUT2D eigenvalue weighted by molar-refractivity contribution is 0.733. The van der Waals surface area contributed by atoms with Gasteiger partial charge in [0.25, 0.3) is 0 Å². The van der Waals surface area contributed by atoms with Crippen molar-refractivity contribution >= 4 is 11.6 Å². The van der Waals surface area contributed by atoms with E-state index in [0.29, 0.717) is 5.82 Å². The third-order valence-electron chi connectivity index (χ3n) is 2.11. The van der Waals surface area contributed by atoms with Crippen LogP contribution >= 0.6 is 0 Å². The number of hydrogen-bond donors (Lipinski definition) is 2. The standard InChI is InChI=1S/C10H19N5/c1-3-5-15(6-4-2)10-7-9(14-11)12-8-13-10/h7-8H,3-6,11H2,1-2H3,(H,12,13,14). The van der Waals surface area contributed by atoms with E-state index in [-0.39, 0.29) is 0 Å². The molecule has 0 bridgehead atoms. The fourth-order valence-electron chi connectivity index (χ4n) is 1.48. The van der Waals surface area contributed by atoms with E-state index in [0.717, 1.165) is 31.7 Å². The number of hydrazine groups is 1. The molecule has 0 saturated heterocycles. The first kappa shape index (κ1) is 11.7. The molecule has 84 valence electrons. The molecular formula is C10H19N5. The fraction of sp³-hybridized carbons (Fsp3) is 0.600. The molecule has 1 aromatic heterocycles. The number of rotatable bonds is 6. The van der Waals surface area contributed by atoms with Crippen molar-refractivity contribution in [2.24, 2.45) is 5.84 Å². The Labute approximate surface area is 90.7 Å². The summed E-state index contributed by atoms with van der Waals surface area (Å²) in [5.74, 6) is 6.89. The van der Waals surface area contributed by atoms with Crippen molar-refractivity contribution in [2.45, 2.75) is 26.7 Å². The normalized spacial score (nSPS) is 10.1. The average Bonchev–Trinajstić information content (AvgIpc) is 2.29. The van der Waals surface area contributed by atoms with E-state index >= 15 is 0 Å². The molecule has 0 fully saturated rings. The first-order valence-corrected chi connectivity index (χ1v) is 5.35. The largest absolute Gasteiger partial charge is 0.356 e. The highest BCUT2D eigenvalue weighted by Gasteiger charge is 2.06. The molecule has 0 aliphatic carbocycles. The van der Waals surface area contributed by atoms with Gasteiger partial charge in [-0.2, -0.15) is 0 Å². The number of nitrogen functional groups attached to an aromatic ring is 1. The third-order valence-corrected chi connectivity index (χ3v) is 2.11. The molecule has 5 nitrogen and oxygen atoms in total. The molecule has 1 rings (SSSR count). The summed E-state index contributed by atoms with van der Waals surface area (Å²) in [6.07, 6.45) is 3.74. The molecule has 0 spiro atoms. The highest BCUT2D eigenvalue weighted by Crippen LogP contribution is 2.13. The van der Waals surface area contributed by atoms with Crippen LogP contribution in [0.3, 0.4) is 0 Å². The van der Waals surface area contributed by atoms with Crippen LogP contribution in [0.2, 0.25) is 0 Å². The lowest BCUT2D eigenvalue weighted by Gasteiger charge is -2.22. The maximum atomic E-state index is 5.31. The van der Waals surface area contributed by atoms with Gasteiger partial charge >= 0.3 is 0 Å². The Balaban J connectivity index is 2.79. The maximum Gasteiger partial charge on any atom is 0.145 e. The Kier molecular flexibility index (Phi) is 4.83. The van der Waals surface area contributed by atoms with E-state index in [4.69, 9.17) is 5.84 Å². The SMILES string of the molecule is CCCN(CCC)c1cc(NN)ncn1. The van der Waals surface area contributed by atoms with E-state index < -0.39 is 0 Å². The van der Waals surface area contributed by atoms with Crippen molar-refractivity contribution in [3.05, 3.63) is 12.4 Å². The quantitative estimate of drug-likeness (QED) is 0.547. The van der Waals surface area contributed by atoms with Crippen LogP contribution in [0.5, 0.6) is 0 Å². The monoisotopic (exact) mass is 209 g/mol. The van der Waals surface area contributed by atoms with Gasteiger partial charge in [0.1, 0.15) is 18.0 Å². The summed E-state index contributed by atoms with van der Waals surface area (Å²) in [5, 5.41) is 0. The summed E-state index contributed by atoms with van der Waals surface area (Å²) in [7, 11) is 0. The van der Waals surface area contributed by atoms with Crippen LogP contribution in [0, 0.1) is 0 Å². The third kappa shape index (κ3) is 3.36.